The molecular formula is C21H30F3. The summed E-state index contributed by atoms with van der Waals surface area (Å²) in [7, 11) is 0. The molecule has 0 amide bonds. The fraction of sp³-hybridized carbons (Fsp3) is 0.857. The third-order valence-corrected chi connectivity index (χ3v) is 6.42. The lowest BCUT2D eigenvalue weighted by Crippen LogP contribution is -2.36. The molecule has 2 atom stereocenters. The number of rotatable bonds is 1. The Bertz CT molecular complexity index is 437. The predicted octanol–water partition coefficient (Wildman–Crippen LogP) is 6.01. The normalized spacial score (nSPS) is 42.3. The SMILES string of the molecule is CC1CC[C](C2CCC(C#CC3CC(F)C(F)C(F)C3)CC2)CC1. The molecule has 3 rings (SSSR count). The largest absolute Gasteiger partial charge is 0.244 e. The van der Waals surface area contributed by atoms with Gasteiger partial charge in [0.15, 0.2) is 6.17 Å². The molecule has 3 heteroatoms. The highest BCUT2D eigenvalue weighted by Crippen LogP contribution is 2.42. The third-order valence-electron chi connectivity index (χ3n) is 6.42. The molecule has 1 radical (unpaired) electrons. The Morgan fingerprint density at radius 3 is 1.88 bits per heavy atom. The van der Waals surface area contributed by atoms with E-state index in [1.807, 2.05) is 0 Å². The molecule has 0 aliphatic heterocycles. The molecule has 0 nitrogen and oxygen atoms in total. The minimum atomic E-state index is -1.95. The van der Waals surface area contributed by atoms with Crippen molar-refractivity contribution in [3.8, 4) is 11.8 Å². The van der Waals surface area contributed by atoms with Crippen LogP contribution in [-0.4, -0.2) is 18.5 Å². The first kappa shape index (κ1) is 18.2. The average Bonchev–Trinajstić information content (AvgIpc) is 2.59. The highest BCUT2D eigenvalue weighted by Gasteiger charge is 2.38. The first-order chi connectivity index (χ1) is 11.5. The van der Waals surface area contributed by atoms with E-state index < -0.39 is 18.5 Å². The molecule has 0 bridgehead atoms. The Morgan fingerprint density at radius 1 is 0.750 bits per heavy atom. The van der Waals surface area contributed by atoms with Gasteiger partial charge in [-0.2, -0.15) is 0 Å². The second-order valence-corrected chi connectivity index (χ2v) is 8.32. The van der Waals surface area contributed by atoms with Crippen LogP contribution in [0.2, 0.25) is 0 Å². The van der Waals surface area contributed by atoms with Crippen LogP contribution in [0.5, 0.6) is 0 Å². The summed E-state index contributed by atoms with van der Waals surface area (Å²) in [6.07, 6.45) is 4.75. The van der Waals surface area contributed by atoms with Crippen LogP contribution < -0.4 is 0 Å². The first-order valence-corrected chi connectivity index (χ1v) is 9.80. The maximum absolute atomic E-state index is 13.4. The molecule has 3 aliphatic carbocycles. The van der Waals surface area contributed by atoms with Crippen LogP contribution in [0.15, 0.2) is 0 Å². The van der Waals surface area contributed by atoms with Crippen molar-refractivity contribution >= 4 is 0 Å². The van der Waals surface area contributed by atoms with Crippen LogP contribution in [0.4, 0.5) is 13.2 Å². The van der Waals surface area contributed by atoms with Gasteiger partial charge in [-0.05, 0) is 69.1 Å². The Morgan fingerprint density at radius 2 is 1.29 bits per heavy atom. The van der Waals surface area contributed by atoms with Gasteiger partial charge in [-0.25, -0.2) is 13.2 Å². The summed E-state index contributed by atoms with van der Waals surface area (Å²) >= 11 is 0. The van der Waals surface area contributed by atoms with Gasteiger partial charge in [0.25, 0.3) is 0 Å². The van der Waals surface area contributed by atoms with Crippen molar-refractivity contribution in [1.29, 1.82) is 0 Å². The summed E-state index contributed by atoms with van der Waals surface area (Å²) in [6, 6.07) is 0. The monoisotopic (exact) mass is 339 g/mol. The second-order valence-electron chi connectivity index (χ2n) is 8.32. The van der Waals surface area contributed by atoms with Gasteiger partial charge in [0, 0.05) is 11.8 Å². The molecule has 0 spiro atoms. The topological polar surface area (TPSA) is 0 Å². The molecule has 0 aromatic rings. The van der Waals surface area contributed by atoms with Gasteiger partial charge < -0.3 is 0 Å². The summed E-state index contributed by atoms with van der Waals surface area (Å²) in [5.41, 5.74) is 0. The summed E-state index contributed by atoms with van der Waals surface area (Å²) in [5, 5.41) is 0. The van der Waals surface area contributed by atoms with Crippen molar-refractivity contribution < 1.29 is 13.2 Å². The highest BCUT2D eigenvalue weighted by molar-refractivity contribution is 5.12. The van der Waals surface area contributed by atoms with Crippen LogP contribution in [0.25, 0.3) is 0 Å². The van der Waals surface area contributed by atoms with E-state index in [0.29, 0.717) is 5.92 Å². The molecule has 2 unspecified atom stereocenters. The quantitative estimate of drug-likeness (QED) is 0.514. The predicted molar refractivity (Wildman–Crippen MR) is 91.5 cm³/mol. The maximum Gasteiger partial charge on any atom is 0.162 e. The average molecular weight is 339 g/mol. The molecule has 0 heterocycles. The lowest BCUT2D eigenvalue weighted by molar-refractivity contribution is 0.0297. The van der Waals surface area contributed by atoms with Crippen LogP contribution in [0.1, 0.15) is 71.1 Å². The van der Waals surface area contributed by atoms with Crippen LogP contribution in [0, 0.1) is 41.4 Å². The number of hydrogen-bond acceptors (Lipinski definition) is 0. The standard InChI is InChI=1S/C21H30F3/c1-14-2-8-17(9-3-14)18-10-6-15(7-11-18)4-5-16-12-19(22)21(24)20(23)13-16/h14-16,18-21H,2-3,6-13H2,1H3. The van der Waals surface area contributed by atoms with Gasteiger partial charge in [-0.15, -0.1) is 0 Å². The van der Waals surface area contributed by atoms with E-state index in [9.17, 15) is 13.2 Å². The van der Waals surface area contributed by atoms with E-state index in [2.05, 4.69) is 18.8 Å². The van der Waals surface area contributed by atoms with E-state index in [1.54, 1.807) is 5.92 Å². The lowest BCUT2D eigenvalue weighted by atomic mass is 9.69. The molecule has 3 fully saturated rings. The first-order valence-electron chi connectivity index (χ1n) is 9.80. The fourth-order valence-corrected chi connectivity index (χ4v) is 4.67. The van der Waals surface area contributed by atoms with E-state index in [-0.39, 0.29) is 18.8 Å². The summed E-state index contributed by atoms with van der Waals surface area (Å²) in [4.78, 5) is 0. The van der Waals surface area contributed by atoms with Crippen LogP contribution in [0.3, 0.4) is 0 Å². The van der Waals surface area contributed by atoms with Crippen LogP contribution in [-0.2, 0) is 0 Å². The van der Waals surface area contributed by atoms with E-state index in [0.717, 1.165) is 24.7 Å². The Kier molecular flexibility index (Phi) is 6.17. The highest BCUT2D eigenvalue weighted by atomic mass is 19.2. The van der Waals surface area contributed by atoms with Crippen molar-refractivity contribution in [3.05, 3.63) is 5.92 Å². The summed E-state index contributed by atoms with van der Waals surface area (Å²) in [6.45, 7) is 2.35. The molecule has 0 saturated heterocycles. The van der Waals surface area contributed by atoms with E-state index >= 15 is 0 Å². The van der Waals surface area contributed by atoms with E-state index in [1.165, 1.54) is 38.5 Å². The number of hydrogen-bond donors (Lipinski definition) is 0. The van der Waals surface area contributed by atoms with Gasteiger partial charge in [-0.3, -0.25) is 0 Å². The zero-order valence-electron chi connectivity index (χ0n) is 14.7. The van der Waals surface area contributed by atoms with Crippen molar-refractivity contribution in [3.63, 3.8) is 0 Å². The number of halogens is 3. The van der Waals surface area contributed by atoms with Gasteiger partial charge in [-0.1, -0.05) is 31.6 Å². The zero-order valence-corrected chi connectivity index (χ0v) is 14.7. The molecule has 0 N–H and O–H groups in total. The smallest absolute Gasteiger partial charge is 0.162 e. The minimum Gasteiger partial charge on any atom is -0.244 e. The fourth-order valence-electron chi connectivity index (χ4n) is 4.67. The summed E-state index contributed by atoms with van der Waals surface area (Å²) in [5.74, 6) is 9.83. The molecule has 135 valence electrons. The molecule has 0 aromatic carbocycles. The van der Waals surface area contributed by atoms with Crippen LogP contribution >= 0.6 is 0 Å². The zero-order chi connectivity index (χ0) is 17.1. The second kappa shape index (κ2) is 8.15. The third kappa shape index (κ3) is 4.50. The van der Waals surface area contributed by atoms with Crippen molar-refractivity contribution in [1.82, 2.24) is 0 Å². The van der Waals surface area contributed by atoms with Gasteiger partial charge >= 0.3 is 0 Å². The van der Waals surface area contributed by atoms with E-state index in [4.69, 9.17) is 0 Å². The molecular weight excluding hydrogens is 309 g/mol. The molecule has 0 aromatic heterocycles. The molecule has 3 aliphatic rings. The molecule has 3 saturated carbocycles. The van der Waals surface area contributed by atoms with Gasteiger partial charge in [0.2, 0.25) is 0 Å². The summed E-state index contributed by atoms with van der Waals surface area (Å²) < 4.78 is 40.1. The van der Waals surface area contributed by atoms with Crippen molar-refractivity contribution in [2.24, 2.45) is 23.7 Å². The Hall–Kier alpha value is -0.650. The number of alkyl halides is 3. The Balaban J connectivity index is 1.44. The lowest BCUT2D eigenvalue weighted by Gasteiger charge is -2.36. The maximum atomic E-state index is 13.4. The minimum absolute atomic E-state index is 0.0556. The van der Waals surface area contributed by atoms with Crippen molar-refractivity contribution in [2.45, 2.75) is 89.6 Å². The van der Waals surface area contributed by atoms with Gasteiger partial charge in [0.05, 0.1) is 0 Å². The Labute approximate surface area is 145 Å². The van der Waals surface area contributed by atoms with Gasteiger partial charge in [0.1, 0.15) is 12.3 Å². The van der Waals surface area contributed by atoms with Crippen molar-refractivity contribution in [2.75, 3.05) is 0 Å². The molecule has 24 heavy (non-hydrogen) atoms.